The fraction of sp³-hybridized carbons (Fsp3) is 0.818. The molecule has 0 spiro atoms. The molecule has 0 saturated carbocycles. The van der Waals surface area contributed by atoms with Gasteiger partial charge in [0.2, 0.25) is 11.8 Å². The maximum Gasteiger partial charge on any atom is 0.243 e. The van der Waals surface area contributed by atoms with Crippen molar-refractivity contribution in [1.82, 2.24) is 10.6 Å². The largest absolute Gasteiger partial charge is 0.342 e. The Hall–Kier alpha value is -0.710. The molecular formula is C11H20N2O2S. The summed E-state index contributed by atoms with van der Waals surface area (Å²) < 4.78 is 0. The molecule has 0 radical (unpaired) electrons. The number of rotatable bonds is 5. The van der Waals surface area contributed by atoms with Gasteiger partial charge in [0, 0.05) is 0 Å². The zero-order valence-corrected chi connectivity index (χ0v) is 10.9. The summed E-state index contributed by atoms with van der Waals surface area (Å²) in [5, 5.41) is 5.62. The van der Waals surface area contributed by atoms with Crippen molar-refractivity contribution in [1.29, 1.82) is 0 Å². The van der Waals surface area contributed by atoms with E-state index in [4.69, 9.17) is 0 Å². The van der Waals surface area contributed by atoms with Crippen LogP contribution in [0, 0.1) is 5.92 Å². The summed E-state index contributed by atoms with van der Waals surface area (Å²) in [7, 11) is 0. The van der Waals surface area contributed by atoms with Crippen LogP contribution in [0.15, 0.2) is 0 Å². The zero-order chi connectivity index (χ0) is 12.1. The smallest absolute Gasteiger partial charge is 0.243 e. The normalized spacial score (nSPS) is 27.2. The molecule has 0 bridgehead atoms. The molecule has 0 aromatic carbocycles. The predicted octanol–water partition coefficient (Wildman–Crippen LogP) is 0.769. The number of hydrogen-bond donors (Lipinski definition) is 2. The highest BCUT2D eigenvalue weighted by Gasteiger charge is 2.35. The van der Waals surface area contributed by atoms with Crippen molar-refractivity contribution in [2.45, 2.75) is 38.8 Å². The highest BCUT2D eigenvalue weighted by atomic mass is 32.2. The molecule has 2 amide bonds. The minimum atomic E-state index is -0.358. The number of carbonyl (C=O) groups excluding carboxylic acids is 2. The summed E-state index contributed by atoms with van der Waals surface area (Å²) in [4.78, 5) is 23.5. The fourth-order valence-corrected chi connectivity index (χ4v) is 2.19. The molecule has 1 aliphatic heterocycles. The number of thioether (sulfide) groups is 1. The maximum absolute atomic E-state index is 11.8. The van der Waals surface area contributed by atoms with Crippen molar-refractivity contribution in [3.8, 4) is 0 Å². The molecule has 4 nitrogen and oxygen atoms in total. The third-order valence-corrected chi connectivity index (χ3v) is 3.68. The quantitative estimate of drug-likeness (QED) is 0.751. The van der Waals surface area contributed by atoms with Gasteiger partial charge in [-0.1, -0.05) is 20.3 Å². The van der Waals surface area contributed by atoms with E-state index in [9.17, 15) is 9.59 Å². The second-order valence-electron chi connectivity index (χ2n) is 4.21. The van der Waals surface area contributed by atoms with Gasteiger partial charge < -0.3 is 10.6 Å². The minimum absolute atomic E-state index is 0.0416. The first kappa shape index (κ1) is 13.4. The first-order chi connectivity index (χ1) is 7.60. The average Bonchev–Trinajstić information content (AvgIpc) is 2.28. The Balaban J connectivity index is 2.56. The molecule has 3 atom stereocenters. The van der Waals surface area contributed by atoms with Crippen molar-refractivity contribution in [3.05, 3.63) is 0 Å². The standard InChI is InChI=1S/C11H20N2O2S/c1-4-7(2)9-11(15)12-8(5-6-16-3)10(14)13-9/h7-9H,4-6H2,1-3H3,(H,12,15)(H,13,14). The van der Waals surface area contributed by atoms with Crippen LogP contribution in [0.5, 0.6) is 0 Å². The molecule has 1 aliphatic rings. The molecule has 0 aliphatic carbocycles. The number of hydrogen-bond acceptors (Lipinski definition) is 3. The van der Waals surface area contributed by atoms with Gasteiger partial charge >= 0.3 is 0 Å². The van der Waals surface area contributed by atoms with Gasteiger partial charge in [-0.25, -0.2) is 0 Å². The van der Waals surface area contributed by atoms with Crippen LogP contribution in [0.1, 0.15) is 26.7 Å². The van der Waals surface area contributed by atoms with E-state index in [1.165, 1.54) is 0 Å². The van der Waals surface area contributed by atoms with Crippen molar-refractivity contribution in [2.75, 3.05) is 12.0 Å². The van der Waals surface area contributed by atoms with Gasteiger partial charge in [0.05, 0.1) is 0 Å². The summed E-state index contributed by atoms with van der Waals surface area (Å²) in [6.07, 6.45) is 3.57. The molecule has 2 N–H and O–H groups in total. The van der Waals surface area contributed by atoms with Crippen LogP contribution in [-0.2, 0) is 9.59 Å². The Bertz CT molecular complexity index is 271. The molecule has 92 valence electrons. The van der Waals surface area contributed by atoms with Crippen LogP contribution in [0.4, 0.5) is 0 Å². The number of piperazine rings is 1. The van der Waals surface area contributed by atoms with E-state index in [2.05, 4.69) is 10.6 Å². The van der Waals surface area contributed by atoms with Crippen molar-refractivity contribution < 1.29 is 9.59 Å². The summed E-state index contributed by atoms with van der Waals surface area (Å²) in [6.45, 7) is 4.00. The van der Waals surface area contributed by atoms with Gasteiger partial charge in [0.15, 0.2) is 0 Å². The van der Waals surface area contributed by atoms with E-state index < -0.39 is 0 Å². The van der Waals surface area contributed by atoms with E-state index in [0.717, 1.165) is 12.2 Å². The fourth-order valence-electron chi connectivity index (χ4n) is 1.72. The Morgan fingerprint density at radius 1 is 1.31 bits per heavy atom. The lowest BCUT2D eigenvalue weighted by Crippen LogP contribution is -2.63. The maximum atomic E-state index is 11.8. The summed E-state index contributed by atoms with van der Waals surface area (Å²) in [5.41, 5.74) is 0. The van der Waals surface area contributed by atoms with Gasteiger partial charge in [-0.15, -0.1) is 0 Å². The highest BCUT2D eigenvalue weighted by molar-refractivity contribution is 7.98. The van der Waals surface area contributed by atoms with Gasteiger partial charge in [-0.2, -0.15) is 11.8 Å². The number of carbonyl (C=O) groups is 2. The monoisotopic (exact) mass is 244 g/mol. The van der Waals surface area contributed by atoms with Gasteiger partial charge in [-0.3, -0.25) is 9.59 Å². The third kappa shape index (κ3) is 3.14. The van der Waals surface area contributed by atoms with Gasteiger partial charge in [0.1, 0.15) is 12.1 Å². The molecule has 16 heavy (non-hydrogen) atoms. The lowest BCUT2D eigenvalue weighted by atomic mass is 9.95. The third-order valence-electron chi connectivity index (χ3n) is 3.04. The second-order valence-corrected chi connectivity index (χ2v) is 5.20. The molecule has 0 aromatic rings. The van der Waals surface area contributed by atoms with Crippen LogP contribution in [0.25, 0.3) is 0 Å². The summed E-state index contributed by atoms with van der Waals surface area (Å²) >= 11 is 1.68. The van der Waals surface area contributed by atoms with Crippen molar-refractivity contribution in [2.24, 2.45) is 5.92 Å². The van der Waals surface area contributed by atoms with Crippen LogP contribution in [-0.4, -0.2) is 35.9 Å². The van der Waals surface area contributed by atoms with Crippen LogP contribution < -0.4 is 10.6 Å². The van der Waals surface area contributed by atoms with Crippen LogP contribution in [0.3, 0.4) is 0 Å². The van der Waals surface area contributed by atoms with Crippen molar-refractivity contribution >= 4 is 23.6 Å². The van der Waals surface area contributed by atoms with Gasteiger partial charge in [0.25, 0.3) is 0 Å². The second kappa shape index (κ2) is 6.13. The zero-order valence-electron chi connectivity index (χ0n) is 10.1. The molecule has 3 unspecified atom stereocenters. The van der Waals surface area contributed by atoms with E-state index in [-0.39, 0.29) is 29.8 Å². The summed E-state index contributed by atoms with van der Waals surface area (Å²) in [5.74, 6) is 0.983. The van der Waals surface area contributed by atoms with E-state index in [1.54, 1.807) is 11.8 Å². The first-order valence-corrected chi connectivity index (χ1v) is 7.09. The topological polar surface area (TPSA) is 58.2 Å². The van der Waals surface area contributed by atoms with E-state index in [0.29, 0.717) is 6.42 Å². The van der Waals surface area contributed by atoms with Crippen LogP contribution >= 0.6 is 11.8 Å². The first-order valence-electron chi connectivity index (χ1n) is 5.69. The Morgan fingerprint density at radius 2 is 2.00 bits per heavy atom. The Kier molecular flexibility index (Phi) is 5.12. The van der Waals surface area contributed by atoms with Crippen LogP contribution in [0.2, 0.25) is 0 Å². The number of amides is 2. The Labute approximate surface area is 101 Å². The highest BCUT2D eigenvalue weighted by Crippen LogP contribution is 2.13. The molecule has 1 rings (SSSR count). The van der Waals surface area contributed by atoms with Gasteiger partial charge in [-0.05, 0) is 24.3 Å². The summed E-state index contributed by atoms with van der Waals surface area (Å²) in [6, 6.07) is -0.705. The molecule has 1 heterocycles. The lowest BCUT2D eigenvalue weighted by molar-refractivity contribution is -0.138. The van der Waals surface area contributed by atoms with E-state index >= 15 is 0 Å². The predicted molar refractivity (Wildman–Crippen MR) is 66.3 cm³/mol. The Morgan fingerprint density at radius 3 is 2.56 bits per heavy atom. The molecular weight excluding hydrogens is 224 g/mol. The molecule has 5 heteroatoms. The molecule has 1 saturated heterocycles. The SMILES string of the molecule is CCC(C)C1NC(=O)C(CCSC)NC1=O. The molecule has 1 fully saturated rings. The average molecular weight is 244 g/mol. The minimum Gasteiger partial charge on any atom is -0.342 e. The van der Waals surface area contributed by atoms with E-state index in [1.807, 2.05) is 20.1 Å². The number of nitrogens with one attached hydrogen (secondary N) is 2. The molecule has 0 aromatic heterocycles. The van der Waals surface area contributed by atoms with Crippen molar-refractivity contribution in [3.63, 3.8) is 0 Å². The lowest BCUT2D eigenvalue weighted by Gasteiger charge is -2.32.